The molecule has 0 fully saturated rings. The number of amides is 1. The fourth-order valence-corrected chi connectivity index (χ4v) is 3.14. The Balaban J connectivity index is 1.73. The summed E-state index contributed by atoms with van der Waals surface area (Å²) in [4.78, 5) is 25.1. The van der Waals surface area contributed by atoms with Crippen molar-refractivity contribution in [1.82, 2.24) is 20.3 Å². The van der Waals surface area contributed by atoms with Gasteiger partial charge in [0.15, 0.2) is 12.1 Å². The average molecular weight is 342 g/mol. The Hall–Kier alpha value is -2.54. The molecule has 3 aromatic heterocycles. The van der Waals surface area contributed by atoms with E-state index in [4.69, 9.17) is 4.42 Å². The lowest BCUT2D eigenvalue weighted by atomic mass is 10.1. The number of hydrogen-bond acceptors (Lipinski definition) is 6. The minimum Gasteiger partial charge on any atom is -0.447 e. The van der Waals surface area contributed by atoms with E-state index in [9.17, 15) is 4.79 Å². The Morgan fingerprint density at radius 2 is 2.00 bits per heavy atom. The number of oxazole rings is 1. The summed E-state index contributed by atoms with van der Waals surface area (Å²) in [5, 5.41) is 5.75. The monoisotopic (exact) mass is 342 g/mol. The van der Waals surface area contributed by atoms with Gasteiger partial charge in [0.05, 0.1) is 11.7 Å². The van der Waals surface area contributed by atoms with Gasteiger partial charge in [-0.3, -0.25) is 9.78 Å². The quantitative estimate of drug-likeness (QED) is 0.762. The van der Waals surface area contributed by atoms with E-state index in [1.807, 2.05) is 38.3 Å². The van der Waals surface area contributed by atoms with Crippen LogP contribution in [0.15, 0.2) is 40.7 Å². The van der Waals surface area contributed by atoms with Crippen LogP contribution in [0.25, 0.3) is 11.3 Å². The Morgan fingerprint density at radius 1 is 1.25 bits per heavy atom. The molecule has 0 saturated heterocycles. The van der Waals surface area contributed by atoms with Gasteiger partial charge in [-0.1, -0.05) is 13.8 Å². The maximum absolute atomic E-state index is 12.4. The first-order valence-corrected chi connectivity index (χ1v) is 8.54. The number of hydrogen-bond donors (Lipinski definition) is 1. The lowest BCUT2D eigenvalue weighted by Crippen LogP contribution is -2.27. The molecular weight excluding hydrogens is 324 g/mol. The molecule has 1 N–H and O–H groups in total. The van der Waals surface area contributed by atoms with Crippen molar-refractivity contribution in [3.8, 4) is 11.3 Å². The van der Waals surface area contributed by atoms with E-state index in [2.05, 4.69) is 20.3 Å². The van der Waals surface area contributed by atoms with Gasteiger partial charge in [-0.05, 0) is 19.1 Å². The lowest BCUT2D eigenvalue weighted by molar-refractivity contribution is 0.0933. The van der Waals surface area contributed by atoms with Gasteiger partial charge >= 0.3 is 0 Å². The van der Waals surface area contributed by atoms with E-state index in [0.717, 1.165) is 16.3 Å². The molecule has 1 amide bonds. The molecule has 7 heteroatoms. The molecule has 0 bridgehead atoms. The second-order valence-electron chi connectivity index (χ2n) is 5.72. The number of carbonyl (C=O) groups excluding carboxylic acids is 1. The third-order valence-corrected chi connectivity index (χ3v) is 4.58. The first-order valence-electron chi connectivity index (χ1n) is 7.66. The van der Waals surface area contributed by atoms with Crippen LogP contribution in [-0.4, -0.2) is 20.9 Å². The second kappa shape index (κ2) is 6.92. The Kier molecular flexibility index (Phi) is 4.71. The molecule has 0 spiro atoms. The van der Waals surface area contributed by atoms with Gasteiger partial charge in [0.2, 0.25) is 0 Å². The standard InChI is InChI=1S/C17H18N4O2S/c1-10(2)15-14(19-9-23-15)16(22)20-11(3)17-21-13(8-24-17)12-4-6-18-7-5-12/h4-11H,1-3H3,(H,20,22). The largest absolute Gasteiger partial charge is 0.447 e. The minimum absolute atomic E-state index is 0.0988. The van der Waals surface area contributed by atoms with Gasteiger partial charge in [-0.15, -0.1) is 11.3 Å². The molecule has 0 aromatic carbocycles. The summed E-state index contributed by atoms with van der Waals surface area (Å²) in [5.41, 5.74) is 2.22. The smallest absolute Gasteiger partial charge is 0.274 e. The Labute approximate surface area is 144 Å². The van der Waals surface area contributed by atoms with E-state index in [1.165, 1.54) is 17.7 Å². The van der Waals surface area contributed by atoms with Gasteiger partial charge < -0.3 is 9.73 Å². The van der Waals surface area contributed by atoms with Crippen molar-refractivity contribution in [2.75, 3.05) is 0 Å². The zero-order chi connectivity index (χ0) is 17.1. The number of aromatic nitrogens is 3. The molecule has 0 aliphatic heterocycles. The fourth-order valence-electron chi connectivity index (χ4n) is 2.30. The summed E-state index contributed by atoms with van der Waals surface area (Å²) in [6.07, 6.45) is 4.77. The van der Waals surface area contributed by atoms with Gasteiger partial charge in [0.1, 0.15) is 10.8 Å². The van der Waals surface area contributed by atoms with Crippen molar-refractivity contribution >= 4 is 17.2 Å². The summed E-state index contributed by atoms with van der Waals surface area (Å²) >= 11 is 1.51. The van der Waals surface area contributed by atoms with Crippen molar-refractivity contribution < 1.29 is 9.21 Å². The molecule has 0 aliphatic rings. The summed E-state index contributed by atoms with van der Waals surface area (Å²) in [5.74, 6) is 0.443. The van der Waals surface area contributed by atoms with Crippen LogP contribution in [0.4, 0.5) is 0 Å². The number of carbonyl (C=O) groups is 1. The minimum atomic E-state index is -0.249. The molecule has 3 rings (SSSR count). The molecule has 1 unspecified atom stereocenters. The molecule has 0 radical (unpaired) electrons. The topological polar surface area (TPSA) is 80.9 Å². The highest BCUT2D eigenvalue weighted by molar-refractivity contribution is 7.10. The summed E-state index contributed by atoms with van der Waals surface area (Å²) in [7, 11) is 0. The second-order valence-corrected chi connectivity index (χ2v) is 6.61. The van der Waals surface area contributed by atoms with E-state index in [1.54, 1.807) is 12.4 Å². The van der Waals surface area contributed by atoms with E-state index in [-0.39, 0.29) is 17.9 Å². The SMILES string of the molecule is CC(C)c1ocnc1C(=O)NC(C)c1nc(-c2ccncc2)cs1. The fraction of sp³-hybridized carbons (Fsp3) is 0.294. The highest BCUT2D eigenvalue weighted by Gasteiger charge is 2.22. The third-order valence-electron chi connectivity index (χ3n) is 3.55. The van der Waals surface area contributed by atoms with Crippen LogP contribution in [0.5, 0.6) is 0 Å². The van der Waals surface area contributed by atoms with Gasteiger partial charge in [0, 0.05) is 29.3 Å². The maximum Gasteiger partial charge on any atom is 0.274 e. The Morgan fingerprint density at radius 3 is 2.71 bits per heavy atom. The van der Waals surface area contributed by atoms with Crippen molar-refractivity contribution in [3.05, 3.63) is 52.8 Å². The van der Waals surface area contributed by atoms with Crippen LogP contribution in [0.2, 0.25) is 0 Å². The number of nitrogens with zero attached hydrogens (tertiary/aromatic N) is 3. The average Bonchev–Trinajstić information content (AvgIpc) is 3.25. The normalized spacial score (nSPS) is 12.3. The highest BCUT2D eigenvalue weighted by atomic mass is 32.1. The van der Waals surface area contributed by atoms with Crippen LogP contribution >= 0.6 is 11.3 Å². The molecule has 124 valence electrons. The van der Waals surface area contributed by atoms with Gasteiger partial charge in [-0.2, -0.15) is 0 Å². The summed E-state index contributed by atoms with van der Waals surface area (Å²) < 4.78 is 5.31. The van der Waals surface area contributed by atoms with Crippen molar-refractivity contribution in [2.45, 2.75) is 32.7 Å². The zero-order valence-corrected chi connectivity index (χ0v) is 14.5. The van der Waals surface area contributed by atoms with Crippen LogP contribution in [0, 0.1) is 0 Å². The number of pyridine rings is 1. The van der Waals surface area contributed by atoms with E-state index in [0.29, 0.717) is 11.5 Å². The van der Waals surface area contributed by atoms with E-state index < -0.39 is 0 Å². The third kappa shape index (κ3) is 3.35. The molecule has 3 heterocycles. The Bertz CT molecular complexity index is 826. The van der Waals surface area contributed by atoms with Crippen LogP contribution in [-0.2, 0) is 0 Å². The predicted octanol–water partition coefficient (Wildman–Crippen LogP) is 3.81. The number of rotatable bonds is 5. The molecule has 3 aromatic rings. The van der Waals surface area contributed by atoms with Crippen LogP contribution < -0.4 is 5.32 Å². The molecule has 0 saturated carbocycles. The lowest BCUT2D eigenvalue weighted by Gasteiger charge is -2.11. The molecule has 6 nitrogen and oxygen atoms in total. The first kappa shape index (κ1) is 16.3. The summed E-state index contributed by atoms with van der Waals surface area (Å²) in [6.45, 7) is 5.83. The maximum atomic E-state index is 12.4. The zero-order valence-electron chi connectivity index (χ0n) is 13.7. The number of thiazole rings is 1. The molecule has 1 atom stereocenters. The van der Waals surface area contributed by atoms with E-state index >= 15 is 0 Å². The first-order chi connectivity index (χ1) is 11.6. The van der Waals surface area contributed by atoms with Crippen LogP contribution in [0.1, 0.15) is 54.0 Å². The van der Waals surface area contributed by atoms with Crippen molar-refractivity contribution in [2.24, 2.45) is 0 Å². The molecule has 24 heavy (non-hydrogen) atoms. The highest BCUT2D eigenvalue weighted by Crippen LogP contribution is 2.25. The van der Waals surface area contributed by atoms with Gasteiger partial charge in [0.25, 0.3) is 5.91 Å². The van der Waals surface area contributed by atoms with Crippen LogP contribution in [0.3, 0.4) is 0 Å². The molecular formula is C17H18N4O2S. The molecule has 0 aliphatic carbocycles. The number of nitrogens with one attached hydrogen (secondary N) is 1. The van der Waals surface area contributed by atoms with Crippen molar-refractivity contribution in [3.63, 3.8) is 0 Å². The van der Waals surface area contributed by atoms with Gasteiger partial charge in [-0.25, -0.2) is 9.97 Å². The van der Waals surface area contributed by atoms with Crippen molar-refractivity contribution in [1.29, 1.82) is 0 Å². The predicted molar refractivity (Wildman–Crippen MR) is 91.8 cm³/mol. The summed E-state index contributed by atoms with van der Waals surface area (Å²) in [6, 6.07) is 3.61.